The lowest BCUT2D eigenvalue weighted by Gasteiger charge is -2.35. The molecule has 0 unspecified atom stereocenters. The number of benzene rings is 3. The average molecular weight is 422 g/mol. The number of piperidine rings is 1. The predicted octanol–water partition coefficient (Wildman–Crippen LogP) is 5.23. The van der Waals surface area contributed by atoms with Crippen LogP contribution in [0.2, 0.25) is 0 Å². The Kier molecular flexibility index (Phi) is 4.40. The van der Waals surface area contributed by atoms with E-state index in [2.05, 4.69) is 4.90 Å². The first-order chi connectivity index (χ1) is 17.7. The molecule has 1 atom stereocenters. The van der Waals surface area contributed by atoms with Crippen LogP contribution < -0.4 is 9.47 Å². The van der Waals surface area contributed by atoms with Gasteiger partial charge in [0, 0.05) is 13.1 Å². The number of fused-ring (bicyclic) bond motifs is 1. The van der Waals surface area contributed by atoms with Crippen molar-refractivity contribution in [2.75, 3.05) is 26.4 Å². The van der Waals surface area contributed by atoms with Crippen LogP contribution in [0.3, 0.4) is 0 Å². The molecule has 0 spiro atoms. The average Bonchev–Trinajstić information content (AvgIpc) is 3.24. The molecule has 1 fully saturated rings. The van der Waals surface area contributed by atoms with Crippen LogP contribution >= 0.6 is 0 Å². The molecule has 2 heterocycles. The Morgan fingerprint density at radius 2 is 1.74 bits per heavy atom. The Balaban J connectivity index is 1.31. The molecule has 3 aromatic rings. The van der Waals surface area contributed by atoms with Gasteiger partial charge in [0.05, 0.1) is 11.6 Å². The monoisotopic (exact) mass is 421 g/mol. The van der Waals surface area contributed by atoms with Crippen LogP contribution in [-0.4, -0.2) is 37.4 Å². The van der Waals surface area contributed by atoms with Crippen molar-refractivity contribution < 1.29 is 22.4 Å². The Hall–Kier alpha value is -2.82. The smallest absolute Gasteiger partial charge is 0.231 e. The van der Waals surface area contributed by atoms with E-state index < -0.39 is 12.8 Å². The first kappa shape index (κ1) is 14.3. The highest BCUT2D eigenvalue weighted by atomic mass is 16.7. The van der Waals surface area contributed by atoms with Crippen LogP contribution in [0.4, 0.5) is 0 Å². The van der Waals surface area contributed by atoms with Gasteiger partial charge in [0.1, 0.15) is 8.82 Å². The van der Waals surface area contributed by atoms with E-state index in [1.165, 1.54) is 0 Å². The standard InChI is InChI=1S/C27H29NO3/c1-3-8-22(9-4-1)27(23-10-5-2-6-11-23)31-24-12-7-16-28(19-24)17-15-21-13-14-25-26(18-21)30-20-29-25/h1-6,8-11,13-14,18,24,27H,7,12,15-17,19-20H2/t24-/m1/s1/i13D,14D,18D,20D2,27D. The number of ether oxygens (including phenoxy) is 3. The molecule has 0 bridgehead atoms. The molecule has 2 aliphatic heterocycles. The highest BCUT2D eigenvalue weighted by Gasteiger charge is 2.25. The Morgan fingerprint density at radius 3 is 2.48 bits per heavy atom. The molecule has 0 N–H and O–H groups in total. The lowest BCUT2D eigenvalue weighted by Crippen LogP contribution is -2.41. The molecular formula is C27H29NO3. The van der Waals surface area contributed by atoms with Gasteiger partial charge in [0.25, 0.3) is 0 Å². The van der Waals surface area contributed by atoms with Crippen LogP contribution in [-0.2, 0) is 11.2 Å². The molecule has 31 heavy (non-hydrogen) atoms. The molecule has 5 rings (SSSR count). The molecule has 160 valence electrons. The molecule has 0 amide bonds. The van der Waals surface area contributed by atoms with E-state index in [0.29, 0.717) is 25.1 Å². The van der Waals surface area contributed by atoms with E-state index in [4.69, 9.17) is 21.1 Å². The lowest BCUT2D eigenvalue weighted by atomic mass is 10.00. The topological polar surface area (TPSA) is 30.9 Å². The third kappa shape index (κ3) is 4.92. The van der Waals surface area contributed by atoms with Crippen LogP contribution in [0.25, 0.3) is 0 Å². The van der Waals surface area contributed by atoms with Crippen LogP contribution in [0.1, 0.15) is 43.8 Å². The van der Waals surface area contributed by atoms with Gasteiger partial charge in [-0.3, -0.25) is 0 Å². The number of hydrogen-bond acceptors (Lipinski definition) is 4. The Bertz CT molecular complexity index is 1220. The first-order valence-electron chi connectivity index (χ1n) is 13.7. The summed E-state index contributed by atoms with van der Waals surface area (Å²) in [7, 11) is 0. The summed E-state index contributed by atoms with van der Waals surface area (Å²) < 4.78 is 66.3. The molecule has 2 aliphatic rings. The summed E-state index contributed by atoms with van der Waals surface area (Å²) in [6.07, 6.45) is 0.499. The second-order valence-electron chi connectivity index (χ2n) is 7.79. The number of rotatable bonds is 7. The summed E-state index contributed by atoms with van der Waals surface area (Å²) >= 11 is 0. The van der Waals surface area contributed by atoms with E-state index in [9.17, 15) is 1.37 Å². The quantitative estimate of drug-likeness (QED) is 0.523. The Labute approximate surface area is 192 Å². The maximum Gasteiger partial charge on any atom is 0.231 e. The summed E-state index contributed by atoms with van der Waals surface area (Å²) in [6, 6.07) is 18.6. The van der Waals surface area contributed by atoms with Gasteiger partial charge in [-0.05, 0) is 54.6 Å². The SMILES string of the molecule is [2H]c1c([2H])c2c(c([2H])c1CCN1CCC[C@@H](OC([2H])(c3ccccc3)c3ccccc3)C1)OC([2H])([2H])O2. The van der Waals surface area contributed by atoms with Gasteiger partial charge in [-0.15, -0.1) is 0 Å². The van der Waals surface area contributed by atoms with E-state index in [1.54, 1.807) is 0 Å². The highest BCUT2D eigenvalue weighted by molar-refractivity contribution is 5.44. The summed E-state index contributed by atoms with van der Waals surface area (Å²) in [6.45, 7) is -0.493. The third-order valence-electron chi connectivity index (χ3n) is 5.58. The maximum absolute atomic E-state index is 9.36. The minimum Gasteiger partial charge on any atom is -0.454 e. The zero-order valence-electron chi connectivity index (χ0n) is 23.3. The first-order valence-corrected chi connectivity index (χ1v) is 10.7. The molecule has 4 nitrogen and oxygen atoms in total. The predicted molar refractivity (Wildman–Crippen MR) is 122 cm³/mol. The van der Waals surface area contributed by atoms with Gasteiger partial charge < -0.3 is 19.1 Å². The van der Waals surface area contributed by atoms with Gasteiger partial charge in [-0.1, -0.05) is 66.7 Å². The van der Waals surface area contributed by atoms with Crippen molar-refractivity contribution in [1.29, 1.82) is 0 Å². The fourth-order valence-corrected chi connectivity index (χ4v) is 4.02. The van der Waals surface area contributed by atoms with Crippen molar-refractivity contribution in [3.05, 3.63) is 95.5 Å². The van der Waals surface area contributed by atoms with Crippen molar-refractivity contribution in [2.24, 2.45) is 0 Å². The van der Waals surface area contributed by atoms with E-state index in [1.807, 2.05) is 60.7 Å². The Morgan fingerprint density at radius 1 is 1.03 bits per heavy atom. The molecule has 0 radical (unpaired) electrons. The molecule has 4 heteroatoms. The molecule has 0 aliphatic carbocycles. The second-order valence-corrected chi connectivity index (χ2v) is 7.79. The van der Waals surface area contributed by atoms with Crippen molar-refractivity contribution in [2.45, 2.75) is 31.4 Å². The summed E-state index contributed by atoms with van der Waals surface area (Å²) in [5.41, 5.74) is 1.86. The fraction of sp³-hybridized carbons (Fsp3) is 0.333. The molecule has 0 saturated carbocycles. The third-order valence-corrected chi connectivity index (χ3v) is 5.58. The largest absolute Gasteiger partial charge is 0.454 e. The minimum atomic E-state index is -2.45. The van der Waals surface area contributed by atoms with Gasteiger partial charge in [-0.2, -0.15) is 0 Å². The van der Waals surface area contributed by atoms with Gasteiger partial charge >= 0.3 is 0 Å². The number of hydrogen-bond donors (Lipinski definition) is 0. The van der Waals surface area contributed by atoms with Crippen LogP contribution in [0.5, 0.6) is 11.5 Å². The molecule has 1 saturated heterocycles. The van der Waals surface area contributed by atoms with Crippen molar-refractivity contribution in [3.63, 3.8) is 0 Å². The lowest BCUT2D eigenvalue weighted by molar-refractivity contribution is -0.0330. The molecule has 0 aromatic heterocycles. The zero-order chi connectivity index (χ0) is 26.2. The van der Waals surface area contributed by atoms with Gasteiger partial charge in [0.2, 0.25) is 6.75 Å². The van der Waals surface area contributed by atoms with Crippen molar-refractivity contribution in [3.8, 4) is 11.5 Å². The molecular weight excluding hydrogens is 386 g/mol. The summed E-state index contributed by atoms with van der Waals surface area (Å²) in [5.74, 6) is -0.311. The van der Waals surface area contributed by atoms with E-state index >= 15 is 0 Å². The summed E-state index contributed by atoms with van der Waals surface area (Å²) in [5, 5.41) is 0. The van der Waals surface area contributed by atoms with Gasteiger partial charge in [-0.25, -0.2) is 0 Å². The fourth-order valence-electron chi connectivity index (χ4n) is 4.02. The normalized spacial score (nSPS) is 23.2. The van der Waals surface area contributed by atoms with Crippen molar-refractivity contribution in [1.82, 2.24) is 4.90 Å². The van der Waals surface area contributed by atoms with Gasteiger partial charge in [0.15, 0.2) is 11.5 Å². The highest BCUT2D eigenvalue weighted by Crippen LogP contribution is 2.33. The second kappa shape index (κ2) is 9.54. The van der Waals surface area contributed by atoms with Crippen LogP contribution in [0, 0.1) is 0 Å². The van der Waals surface area contributed by atoms with E-state index in [0.717, 1.165) is 30.5 Å². The minimum absolute atomic E-state index is 0.111. The zero-order valence-corrected chi connectivity index (χ0v) is 17.3. The number of nitrogens with zero attached hydrogens (tertiary/aromatic N) is 1. The molecule has 3 aromatic carbocycles. The van der Waals surface area contributed by atoms with E-state index in [-0.39, 0.29) is 35.7 Å². The van der Waals surface area contributed by atoms with Crippen molar-refractivity contribution >= 4 is 0 Å². The number of likely N-dealkylation sites (tertiary alicyclic amines) is 1. The van der Waals surface area contributed by atoms with Crippen LogP contribution in [0.15, 0.2) is 78.8 Å². The summed E-state index contributed by atoms with van der Waals surface area (Å²) in [4.78, 5) is 2.19. The maximum atomic E-state index is 9.36.